The van der Waals surface area contributed by atoms with Crippen molar-refractivity contribution >= 4 is 38.9 Å². The molecule has 66 valence electrons. The van der Waals surface area contributed by atoms with Gasteiger partial charge in [-0.05, 0) is 29.3 Å². The minimum absolute atomic E-state index is 0.831. The van der Waals surface area contributed by atoms with Gasteiger partial charge in [0.1, 0.15) is 0 Å². The van der Waals surface area contributed by atoms with E-state index in [2.05, 4.69) is 33.4 Å². The van der Waals surface area contributed by atoms with Crippen LogP contribution in [0.15, 0.2) is 40.2 Å². The first-order valence-electron chi connectivity index (χ1n) is 3.76. The fourth-order valence-electron chi connectivity index (χ4n) is 1.10. The Morgan fingerprint density at radius 2 is 1.77 bits per heavy atom. The molecule has 0 spiro atoms. The van der Waals surface area contributed by atoms with Crippen molar-refractivity contribution in [2.75, 3.05) is 0 Å². The first kappa shape index (κ1) is 9.25. The molecule has 0 unspecified atom stereocenters. The van der Waals surface area contributed by atoms with Crippen LogP contribution in [0.4, 0.5) is 0 Å². The molecule has 0 aliphatic carbocycles. The summed E-state index contributed by atoms with van der Waals surface area (Å²) in [7, 11) is 0. The molecule has 3 heteroatoms. The molecule has 0 saturated heterocycles. The van der Waals surface area contributed by atoms with Crippen molar-refractivity contribution in [3.8, 4) is 11.1 Å². The van der Waals surface area contributed by atoms with Gasteiger partial charge in [-0.3, -0.25) is 0 Å². The van der Waals surface area contributed by atoms with E-state index < -0.39 is 0 Å². The summed E-state index contributed by atoms with van der Waals surface area (Å²) in [6, 6.07) is 10.2. The smallest absolute Gasteiger partial charge is 0.0934 e. The molecule has 0 N–H and O–H groups in total. The Bertz CT molecular complexity index is 405. The van der Waals surface area contributed by atoms with Crippen molar-refractivity contribution in [1.29, 1.82) is 0 Å². The zero-order valence-electron chi connectivity index (χ0n) is 6.63. The lowest BCUT2D eigenvalue weighted by atomic mass is 10.1. The van der Waals surface area contributed by atoms with Gasteiger partial charge in [0.15, 0.2) is 0 Å². The molecule has 0 aliphatic rings. The highest BCUT2D eigenvalue weighted by molar-refractivity contribution is 9.10. The fraction of sp³-hybridized carbons (Fsp3) is 0. The Labute approximate surface area is 94.3 Å². The summed E-state index contributed by atoms with van der Waals surface area (Å²) >= 11 is 10.8. The first-order valence-corrected chi connectivity index (χ1v) is 5.81. The molecule has 0 saturated carbocycles. The second-order valence-electron chi connectivity index (χ2n) is 2.65. The summed E-state index contributed by atoms with van der Waals surface area (Å²) < 4.78 is 1.93. The van der Waals surface area contributed by atoms with E-state index in [0.29, 0.717) is 0 Å². The van der Waals surface area contributed by atoms with Crippen LogP contribution >= 0.6 is 38.9 Å². The van der Waals surface area contributed by atoms with Crippen molar-refractivity contribution in [3.05, 3.63) is 44.5 Å². The molecule has 0 amide bonds. The molecule has 0 fully saturated rings. The van der Waals surface area contributed by atoms with Crippen LogP contribution in [0.2, 0.25) is 4.34 Å². The van der Waals surface area contributed by atoms with Crippen molar-refractivity contribution in [3.63, 3.8) is 0 Å². The van der Waals surface area contributed by atoms with Gasteiger partial charge in [0.2, 0.25) is 0 Å². The largest absolute Gasteiger partial charge is 0.131 e. The molecule has 2 rings (SSSR count). The average Bonchev–Trinajstić information content (AvgIpc) is 2.53. The maximum Gasteiger partial charge on any atom is 0.0934 e. The highest BCUT2D eigenvalue weighted by Crippen LogP contribution is 2.29. The third kappa shape index (κ3) is 2.13. The van der Waals surface area contributed by atoms with E-state index in [1.165, 1.54) is 11.1 Å². The molecule has 2 aromatic rings. The summed E-state index contributed by atoms with van der Waals surface area (Å²) in [5.74, 6) is 0. The van der Waals surface area contributed by atoms with Crippen molar-refractivity contribution < 1.29 is 0 Å². The zero-order valence-corrected chi connectivity index (χ0v) is 9.79. The molecule has 1 aromatic heterocycles. The zero-order chi connectivity index (χ0) is 9.26. The van der Waals surface area contributed by atoms with Gasteiger partial charge >= 0.3 is 0 Å². The molecule has 0 atom stereocenters. The summed E-state index contributed by atoms with van der Waals surface area (Å²) in [6.45, 7) is 0. The summed E-state index contributed by atoms with van der Waals surface area (Å²) in [4.78, 5) is 0. The Morgan fingerprint density at radius 3 is 2.31 bits per heavy atom. The van der Waals surface area contributed by atoms with E-state index >= 15 is 0 Å². The average molecular weight is 274 g/mol. The van der Waals surface area contributed by atoms with Crippen LogP contribution in [0.1, 0.15) is 0 Å². The standard InChI is InChI=1S/C10H6BrClS/c11-9-3-1-7(2-4-9)8-5-10(12)13-6-8/h1-6H. The van der Waals surface area contributed by atoms with Gasteiger partial charge in [0, 0.05) is 9.85 Å². The molecule has 0 radical (unpaired) electrons. The lowest BCUT2D eigenvalue weighted by Gasteiger charge is -1.96. The fourth-order valence-corrected chi connectivity index (χ4v) is 2.26. The van der Waals surface area contributed by atoms with E-state index in [-0.39, 0.29) is 0 Å². The topological polar surface area (TPSA) is 0 Å². The first-order chi connectivity index (χ1) is 6.25. The van der Waals surface area contributed by atoms with Gasteiger partial charge in [-0.1, -0.05) is 39.7 Å². The normalized spacial score (nSPS) is 10.3. The Hall–Kier alpha value is -0.310. The minimum atomic E-state index is 0.831. The summed E-state index contributed by atoms with van der Waals surface area (Å²) in [6.07, 6.45) is 0. The highest BCUT2D eigenvalue weighted by atomic mass is 79.9. The SMILES string of the molecule is Clc1cc(-c2ccc(Br)cc2)cs1. The highest BCUT2D eigenvalue weighted by Gasteiger charge is 1.99. The molecule has 13 heavy (non-hydrogen) atoms. The van der Waals surface area contributed by atoms with Gasteiger partial charge in [-0.2, -0.15) is 0 Å². The van der Waals surface area contributed by atoms with Gasteiger partial charge in [0.25, 0.3) is 0 Å². The van der Waals surface area contributed by atoms with Gasteiger partial charge in [-0.25, -0.2) is 0 Å². The minimum Gasteiger partial charge on any atom is -0.131 e. The molecular weight excluding hydrogens is 268 g/mol. The van der Waals surface area contributed by atoms with E-state index in [4.69, 9.17) is 11.6 Å². The molecule has 0 nitrogen and oxygen atoms in total. The van der Waals surface area contributed by atoms with Crippen LogP contribution in [0.5, 0.6) is 0 Å². The molecular formula is C10H6BrClS. The van der Waals surface area contributed by atoms with Gasteiger partial charge < -0.3 is 0 Å². The van der Waals surface area contributed by atoms with Crippen LogP contribution in [-0.4, -0.2) is 0 Å². The van der Waals surface area contributed by atoms with Crippen LogP contribution in [0.3, 0.4) is 0 Å². The van der Waals surface area contributed by atoms with Crippen LogP contribution in [0, 0.1) is 0 Å². The summed E-state index contributed by atoms with van der Waals surface area (Å²) in [5.41, 5.74) is 2.38. The van der Waals surface area contributed by atoms with Crippen molar-refractivity contribution in [1.82, 2.24) is 0 Å². The van der Waals surface area contributed by atoms with Crippen molar-refractivity contribution in [2.45, 2.75) is 0 Å². The lowest BCUT2D eigenvalue weighted by Crippen LogP contribution is -1.71. The van der Waals surface area contributed by atoms with Crippen molar-refractivity contribution in [2.24, 2.45) is 0 Å². The predicted octanol–water partition coefficient (Wildman–Crippen LogP) is 4.83. The Kier molecular flexibility index (Phi) is 2.72. The van der Waals surface area contributed by atoms with E-state index in [1.54, 1.807) is 11.3 Å². The van der Waals surface area contributed by atoms with Gasteiger partial charge in [-0.15, -0.1) is 11.3 Å². The number of halogens is 2. The van der Waals surface area contributed by atoms with E-state index in [0.717, 1.165) is 8.81 Å². The number of benzene rings is 1. The number of thiophene rings is 1. The van der Waals surface area contributed by atoms with Crippen LogP contribution in [-0.2, 0) is 0 Å². The lowest BCUT2D eigenvalue weighted by molar-refractivity contribution is 1.63. The third-order valence-corrected chi connectivity index (χ3v) is 3.36. The Morgan fingerprint density at radius 1 is 1.08 bits per heavy atom. The Balaban J connectivity index is 2.41. The monoisotopic (exact) mass is 272 g/mol. The second kappa shape index (κ2) is 3.82. The number of rotatable bonds is 1. The molecule has 1 heterocycles. The molecule has 0 bridgehead atoms. The molecule has 0 aliphatic heterocycles. The predicted molar refractivity (Wildman–Crippen MR) is 62.5 cm³/mol. The quantitative estimate of drug-likeness (QED) is 0.698. The maximum absolute atomic E-state index is 5.85. The maximum atomic E-state index is 5.85. The van der Waals surface area contributed by atoms with E-state index in [9.17, 15) is 0 Å². The third-order valence-electron chi connectivity index (χ3n) is 1.75. The van der Waals surface area contributed by atoms with E-state index in [1.807, 2.05) is 18.2 Å². The summed E-state index contributed by atoms with van der Waals surface area (Å²) in [5, 5.41) is 2.06. The number of hydrogen-bond donors (Lipinski definition) is 0. The number of hydrogen-bond acceptors (Lipinski definition) is 1. The second-order valence-corrected chi connectivity index (χ2v) is 5.10. The molecule has 1 aromatic carbocycles. The van der Waals surface area contributed by atoms with Gasteiger partial charge in [0.05, 0.1) is 4.34 Å². The van der Waals surface area contributed by atoms with Crippen LogP contribution < -0.4 is 0 Å². The van der Waals surface area contributed by atoms with Crippen LogP contribution in [0.25, 0.3) is 11.1 Å².